The molecule has 1 unspecified atom stereocenters. The highest BCUT2D eigenvalue weighted by Gasteiger charge is 2.34. The number of pyridine rings is 1. The van der Waals surface area contributed by atoms with Crippen LogP contribution in [0.1, 0.15) is 22.6 Å². The summed E-state index contributed by atoms with van der Waals surface area (Å²) in [6.45, 7) is 2.03. The van der Waals surface area contributed by atoms with E-state index in [-0.39, 0.29) is 11.8 Å². The van der Waals surface area contributed by atoms with E-state index in [1.54, 1.807) is 29.7 Å². The van der Waals surface area contributed by atoms with Crippen molar-refractivity contribution in [1.82, 2.24) is 24.8 Å². The van der Waals surface area contributed by atoms with Gasteiger partial charge >= 0.3 is 6.18 Å². The van der Waals surface area contributed by atoms with Gasteiger partial charge in [0.1, 0.15) is 5.82 Å². The Hall–Kier alpha value is -2.16. The lowest BCUT2D eigenvalue weighted by atomic mass is 10.1. The van der Waals surface area contributed by atoms with Crippen molar-refractivity contribution in [1.29, 1.82) is 0 Å². The van der Waals surface area contributed by atoms with E-state index in [2.05, 4.69) is 15.5 Å². The molecule has 2 aromatic rings. The van der Waals surface area contributed by atoms with Crippen molar-refractivity contribution in [3.63, 3.8) is 0 Å². The van der Waals surface area contributed by atoms with Gasteiger partial charge in [0.05, 0.1) is 12.1 Å². The van der Waals surface area contributed by atoms with Crippen molar-refractivity contribution >= 4 is 11.6 Å². The molecule has 0 spiro atoms. The fraction of sp³-hybridized carbons (Fsp3) is 0.533. The topological polar surface area (TPSA) is 62.5 Å². The van der Waals surface area contributed by atoms with Gasteiger partial charge < -0.3 is 5.32 Å². The largest absolute Gasteiger partial charge is 0.401 e. The van der Waals surface area contributed by atoms with E-state index in [9.17, 15) is 18.0 Å². The molecule has 0 saturated carbocycles. The third kappa shape index (κ3) is 3.84. The lowest BCUT2D eigenvalue weighted by Crippen LogP contribution is -2.34. The monoisotopic (exact) mass is 341 g/mol. The average Bonchev–Trinajstić information content (AvgIpc) is 3.10. The smallest absolute Gasteiger partial charge is 0.352 e. The number of carbonyl (C=O) groups excluding carboxylic acids is 1. The molecule has 1 N–H and O–H groups in total. The summed E-state index contributed by atoms with van der Waals surface area (Å²) in [4.78, 5) is 13.6. The molecule has 1 saturated heterocycles. The summed E-state index contributed by atoms with van der Waals surface area (Å²) in [5.41, 5.74) is 1.12. The molecule has 1 amide bonds. The Morgan fingerprint density at radius 2 is 2.17 bits per heavy atom. The number of hydrogen-bond acceptors (Lipinski definition) is 4. The quantitative estimate of drug-likeness (QED) is 0.919. The number of hydrogen-bond donors (Lipinski definition) is 1. The number of nitrogens with one attached hydrogen (secondary N) is 1. The summed E-state index contributed by atoms with van der Waals surface area (Å²) in [6.07, 6.45) is -1.87. The van der Waals surface area contributed by atoms with Crippen molar-refractivity contribution in [2.75, 3.05) is 26.2 Å². The van der Waals surface area contributed by atoms with Crippen LogP contribution < -0.4 is 5.32 Å². The van der Waals surface area contributed by atoms with Gasteiger partial charge in [-0.1, -0.05) is 0 Å². The average molecular weight is 341 g/mol. The molecule has 24 heavy (non-hydrogen) atoms. The third-order valence-electron chi connectivity index (χ3n) is 4.16. The van der Waals surface area contributed by atoms with E-state index in [1.807, 2.05) is 0 Å². The fourth-order valence-corrected chi connectivity index (χ4v) is 2.96. The maximum Gasteiger partial charge on any atom is 0.401 e. The number of nitrogens with zero attached hydrogens (tertiary/aromatic N) is 4. The van der Waals surface area contributed by atoms with Crippen LogP contribution in [0.25, 0.3) is 5.65 Å². The zero-order valence-corrected chi connectivity index (χ0v) is 13.2. The minimum absolute atomic E-state index is 0.0386. The molecular formula is C15H18F3N5O. The van der Waals surface area contributed by atoms with Crippen LogP contribution in [-0.4, -0.2) is 57.8 Å². The first-order chi connectivity index (χ1) is 11.3. The predicted octanol–water partition coefficient (Wildman–Crippen LogP) is 1.65. The molecule has 3 rings (SSSR count). The molecule has 0 bridgehead atoms. The molecule has 0 aliphatic carbocycles. The number of rotatable bonds is 4. The highest BCUT2D eigenvalue weighted by atomic mass is 19.4. The Bertz CT molecular complexity index is 742. The second kappa shape index (κ2) is 6.39. The molecule has 130 valence electrons. The maximum absolute atomic E-state index is 12.4. The van der Waals surface area contributed by atoms with E-state index in [0.29, 0.717) is 43.1 Å². The number of halogens is 3. The first-order valence-electron chi connectivity index (χ1n) is 7.70. The van der Waals surface area contributed by atoms with Crippen LogP contribution in [0.3, 0.4) is 0 Å². The summed E-state index contributed by atoms with van der Waals surface area (Å²) in [7, 11) is 0. The molecule has 1 aliphatic rings. The van der Waals surface area contributed by atoms with Gasteiger partial charge in [-0.15, -0.1) is 10.2 Å². The van der Waals surface area contributed by atoms with Gasteiger partial charge in [0.15, 0.2) is 5.65 Å². The minimum atomic E-state index is -4.18. The highest BCUT2D eigenvalue weighted by molar-refractivity contribution is 5.94. The van der Waals surface area contributed by atoms with Crippen molar-refractivity contribution in [2.24, 2.45) is 5.92 Å². The first-order valence-corrected chi connectivity index (χ1v) is 7.70. The van der Waals surface area contributed by atoms with Crippen LogP contribution in [0.5, 0.6) is 0 Å². The lowest BCUT2D eigenvalue weighted by Gasteiger charge is -2.18. The number of aryl methyl sites for hydroxylation is 1. The Morgan fingerprint density at radius 1 is 1.38 bits per heavy atom. The molecule has 0 radical (unpaired) electrons. The van der Waals surface area contributed by atoms with Gasteiger partial charge in [-0.25, -0.2) is 0 Å². The van der Waals surface area contributed by atoms with Gasteiger partial charge in [-0.3, -0.25) is 14.1 Å². The van der Waals surface area contributed by atoms with E-state index >= 15 is 0 Å². The Morgan fingerprint density at radius 3 is 2.92 bits per heavy atom. The van der Waals surface area contributed by atoms with Crippen molar-refractivity contribution < 1.29 is 18.0 Å². The first kappa shape index (κ1) is 16.7. The van der Waals surface area contributed by atoms with Gasteiger partial charge in [0, 0.05) is 19.3 Å². The predicted molar refractivity (Wildman–Crippen MR) is 80.7 cm³/mol. The number of fused-ring (bicyclic) bond motifs is 1. The molecular weight excluding hydrogens is 323 g/mol. The van der Waals surface area contributed by atoms with Crippen molar-refractivity contribution in [3.8, 4) is 0 Å². The van der Waals surface area contributed by atoms with Gasteiger partial charge in [0.25, 0.3) is 5.91 Å². The SMILES string of the molecule is Cc1nnc2ccc(C(=O)NCC3CCN(CC(F)(F)F)C3)cn12. The number of carbonyl (C=O) groups is 1. The normalized spacial score (nSPS) is 19.1. The van der Waals surface area contributed by atoms with E-state index in [1.165, 1.54) is 4.90 Å². The number of aromatic nitrogens is 3. The summed E-state index contributed by atoms with van der Waals surface area (Å²) >= 11 is 0. The van der Waals surface area contributed by atoms with Crippen molar-refractivity contribution in [3.05, 3.63) is 29.7 Å². The van der Waals surface area contributed by atoms with Crippen LogP contribution in [0.2, 0.25) is 0 Å². The Kier molecular flexibility index (Phi) is 4.44. The summed E-state index contributed by atoms with van der Waals surface area (Å²) in [5.74, 6) is 0.467. The molecule has 6 nitrogen and oxygen atoms in total. The van der Waals surface area contributed by atoms with Crippen LogP contribution in [0, 0.1) is 12.8 Å². The summed E-state index contributed by atoms with van der Waals surface area (Å²) in [6, 6.07) is 3.36. The second-order valence-corrected chi connectivity index (χ2v) is 6.11. The molecule has 1 atom stereocenters. The second-order valence-electron chi connectivity index (χ2n) is 6.11. The fourth-order valence-electron chi connectivity index (χ4n) is 2.96. The molecule has 2 aromatic heterocycles. The molecule has 1 aliphatic heterocycles. The zero-order valence-electron chi connectivity index (χ0n) is 13.2. The molecule has 1 fully saturated rings. The van der Waals surface area contributed by atoms with E-state index < -0.39 is 12.7 Å². The minimum Gasteiger partial charge on any atom is -0.352 e. The molecule has 0 aromatic carbocycles. The van der Waals surface area contributed by atoms with Crippen LogP contribution in [0.15, 0.2) is 18.3 Å². The van der Waals surface area contributed by atoms with E-state index in [0.717, 1.165) is 0 Å². The van der Waals surface area contributed by atoms with Crippen molar-refractivity contribution in [2.45, 2.75) is 19.5 Å². The Balaban J connectivity index is 1.54. The van der Waals surface area contributed by atoms with Crippen LogP contribution in [0.4, 0.5) is 13.2 Å². The molecule has 3 heterocycles. The highest BCUT2D eigenvalue weighted by Crippen LogP contribution is 2.22. The van der Waals surface area contributed by atoms with Crippen LogP contribution >= 0.6 is 0 Å². The summed E-state index contributed by atoms with van der Waals surface area (Å²) < 4.78 is 38.9. The third-order valence-corrected chi connectivity index (χ3v) is 4.16. The maximum atomic E-state index is 12.4. The number of amides is 1. The molecule has 9 heteroatoms. The Labute approximate surface area is 136 Å². The van der Waals surface area contributed by atoms with Gasteiger partial charge in [0.2, 0.25) is 0 Å². The van der Waals surface area contributed by atoms with E-state index in [4.69, 9.17) is 0 Å². The van der Waals surface area contributed by atoms with Gasteiger partial charge in [-0.2, -0.15) is 13.2 Å². The standard InChI is InChI=1S/C15H18F3N5O/c1-10-20-21-13-3-2-12(8-23(10)13)14(24)19-6-11-4-5-22(7-11)9-15(16,17)18/h2-3,8,11H,4-7,9H2,1H3,(H,19,24). The van der Waals surface area contributed by atoms with Crippen LogP contribution in [-0.2, 0) is 0 Å². The number of likely N-dealkylation sites (tertiary alicyclic amines) is 1. The summed E-state index contributed by atoms with van der Waals surface area (Å²) in [5, 5.41) is 10.7. The van der Waals surface area contributed by atoms with Gasteiger partial charge in [-0.05, 0) is 37.9 Å². The zero-order chi connectivity index (χ0) is 17.3. The number of alkyl halides is 3. The lowest BCUT2D eigenvalue weighted by molar-refractivity contribution is -0.143.